The van der Waals surface area contributed by atoms with Gasteiger partial charge in [0.15, 0.2) is 10.9 Å². The molecule has 1 fully saturated rings. The van der Waals surface area contributed by atoms with E-state index >= 15 is 0 Å². The maximum atomic E-state index is 6.21. The Balaban J connectivity index is 1.66. The van der Waals surface area contributed by atoms with E-state index in [4.69, 9.17) is 23.8 Å². The van der Waals surface area contributed by atoms with Gasteiger partial charge in [-0.05, 0) is 49.2 Å². The van der Waals surface area contributed by atoms with Gasteiger partial charge < -0.3 is 10.6 Å². The average Bonchev–Trinajstić information content (AvgIpc) is 3.07. The quantitative estimate of drug-likeness (QED) is 0.766. The van der Waals surface area contributed by atoms with Crippen LogP contribution >= 0.6 is 23.8 Å². The number of nitrogens with zero attached hydrogens (tertiary/aromatic N) is 1. The summed E-state index contributed by atoms with van der Waals surface area (Å²) in [6, 6.07) is 12.6. The van der Waals surface area contributed by atoms with Gasteiger partial charge in [0.1, 0.15) is 0 Å². The molecule has 0 atom stereocenters. The molecule has 0 amide bonds. The molecule has 1 aliphatic carbocycles. The molecule has 0 radical (unpaired) electrons. The Morgan fingerprint density at radius 2 is 1.96 bits per heavy atom. The molecule has 0 bridgehead atoms. The van der Waals surface area contributed by atoms with E-state index in [1.54, 1.807) is 6.20 Å². The molecule has 3 nitrogen and oxygen atoms in total. The van der Waals surface area contributed by atoms with Gasteiger partial charge in [-0.3, -0.25) is 0 Å². The lowest BCUT2D eigenvalue weighted by molar-refractivity contribution is 0.435. The molecule has 2 N–H and O–H groups in total. The molecule has 0 saturated heterocycles. The zero-order chi connectivity index (χ0) is 17.0. The number of anilines is 1. The van der Waals surface area contributed by atoms with Gasteiger partial charge >= 0.3 is 0 Å². The number of rotatable bonds is 4. The molecule has 3 rings (SSSR count). The zero-order valence-electron chi connectivity index (χ0n) is 13.8. The highest BCUT2D eigenvalue weighted by atomic mass is 35.5. The standard InChI is InChI=1S/C19H22ClN3S/c1-14-11-16(20)17(21-12-14)23-18(24)22-13-19(9-5-6-10-19)15-7-3-2-4-8-15/h2-4,7-8,11-12H,5-6,9-10,13H2,1H3,(H2,21,22,23,24). The predicted octanol–water partition coefficient (Wildman–Crippen LogP) is 4.84. The molecule has 0 spiro atoms. The fraction of sp³-hybridized carbons (Fsp3) is 0.368. The van der Waals surface area contributed by atoms with Crippen molar-refractivity contribution in [2.45, 2.75) is 38.0 Å². The number of aromatic nitrogens is 1. The normalized spacial score (nSPS) is 15.9. The Hall–Kier alpha value is -1.65. The highest BCUT2D eigenvalue weighted by molar-refractivity contribution is 7.80. The first-order valence-electron chi connectivity index (χ1n) is 8.32. The smallest absolute Gasteiger partial charge is 0.172 e. The minimum absolute atomic E-state index is 0.164. The summed E-state index contributed by atoms with van der Waals surface area (Å²) >= 11 is 11.7. The molecule has 0 unspecified atom stereocenters. The van der Waals surface area contributed by atoms with Crippen LogP contribution < -0.4 is 10.6 Å². The van der Waals surface area contributed by atoms with Crippen molar-refractivity contribution < 1.29 is 0 Å². The number of aryl methyl sites for hydroxylation is 1. The molecule has 24 heavy (non-hydrogen) atoms. The number of thiocarbonyl (C=S) groups is 1. The number of pyridine rings is 1. The number of hydrogen-bond donors (Lipinski definition) is 2. The second-order valence-electron chi connectivity index (χ2n) is 6.50. The van der Waals surface area contributed by atoms with E-state index in [0.29, 0.717) is 16.0 Å². The summed E-state index contributed by atoms with van der Waals surface area (Å²) in [7, 11) is 0. The summed E-state index contributed by atoms with van der Waals surface area (Å²) in [5.74, 6) is 0.597. The number of benzene rings is 1. The molecule has 1 saturated carbocycles. The molecule has 2 aromatic rings. The molecule has 0 aliphatic heterocycles. The summed E-state index contributed by atoms with van der Waals surface area (Å²) in [6.45, 7) is 2.79. The van der Waals surface area contributed by atoms with Crippen molar-refractivity contribution >= 4 is 34.7 Å². The Labute approximate surface area is 153 Å². The van der Waals surface area contributed by atoms with Crippen molar-refractivity contribution in [2.24, 2.45) is 0 Å². The van der Waals surface area contributed by atoms with Gasteiger partial charge in [0.2, 0.25) is 0 Å². The van der Waals surface area contributed by atoms with Crippen molar-refractivity contribution in [1.29, 1.82) is 0 Å². The van der Waals surface area contributed by atoms with Crippen LogP contribution in [0.1, 0.15) is 36.8 Å². The van der Waals surface area contributed by atoms with Crippen LogP contribution in [-0.2, 0) is 5.41 Å². The Morgan fingerprint density at radius 1 is 1.25 bits per heavy atom. The Kier molecular flexibility index (Phi) is 5.36. The molecule has 1 aliphatic rings. The van der Waals surface area contributed by atoms with Crippen molar-refractivity contribution in [1.82, 2.24) is 10.3 Å². The maximum absolute atomic E-state index is 6.21. The summed E-state index contributed by atoms with van der Waals surface area (Å²) in [5, 5.41) is 7.63. The highest BCUT2D eigenvalue weighted by Crippen LogP contribution is 2.40. The van der Waals surface area contributed by atoms with Gasteiger partial charge in [-0.1, -0.05) is 54.8 Å². The largest absolute Gasteiger partial charge is 0.362 e. The van der Waals surface area contributed by atoms with Crippen LogP contribution in [0.2, 0.25) is 5.02 Å². The fourth-order valence-corrected chi connectivity index (χ4v) is 3.87. The van der Waals surface area contributed by atoms with E-state index in [9.17, 15) is 0 Å². The third-order valence-electron chi connectivity index (χ3n) is 4.74. The maximum Gasteiger partial charge on any atom is 0.172 e. The van der Waals surface area contributed by atoms with Crippen LogP contribution in [0.4, 0.5) is 5.82 Å². The van der Waals surface area contributed by atoms with Crippen LogP contribution in [0.15, 0.2) is 42.6 Å². The summed E-state index contributed by atoms with van der Waals surface area (Å²) in [5.41, 5.74) is 2.58. The fourth-order valence-electron chi connectivity index (χ4n) is 3.44. The molecule has 126 valence electrons. The molecular weight excluding hydrogens is 338 g/mol. The van der Waals surface area contributed by atoms with Crippen LogP contribution in [0.5, 0.6) is 0 Å². The number of nitrogens with one attached hydrogen (secondary N) is 2. The summed E-state index contributed by atoms with van der Waals surface area (Å²) in [4.78, 5) is 4.30. The second-order valence-corrected chi connectivity index (χ2v) is 7.32. The van der Waals surface area contributed by atoms with E-state index in [0.717, 1.165) is 12.1 Å². The van der Waals surface area contributed by atoms with E-state index < -0.39 is 0 Å². The number of hydrogen-bond acceptors (Lipinski definition) is 2. The third-order valence-corrected chi connectivity index (χ3v) is 5.28. The van der Waals surface area contributed by atoms with Gasteiger partial charge in [-0.25, -0.2) is 4.98 Å². The molecular formula is C19H22ClN3S. The van der Waals surface area contributed by atoms with Gasteiger partial charge in [-0.2, -0.15) is 0 Å². The minimum Gasteiger partial charge on any atom is -0.362 e. The van der Waals surface area contributed by atoms with Crippen molar-refractivity contribution in [3.63, 3.8) is 0 Å². The van der Waals surface area contributed by atoms with Gasteiger partial charge in [-0.15, -0.1) is 0 Å². The monoisotopic (exact) mass is 359 g/mol. The lowest BCUT2D eigenvalue weighted by atomic mass is 9.79. The van der Waals surface area contributed by atoms with Crippen LogP contribution in [0.3, 0.4) is 0 Å². The first-order chi connectivity index (χ1) is 11.6. The van der Waals surface area contributed by atoms with E-state index in [-0.39, 0.29) is 5.41 Å². The first kappa shape index (κ1) is 17.2. The SMILES string of the molecule is Cc1cnc(NC(=S)NCC2(c3ccccc3)CCCC2)c(Cl)c1. The van der Waals surface area contributed by atoms with Crippen LogP contribution in [0.25, 0.3) is 0 Å². The van der Waals surface area contributed by atoms with E-state index in [2.05, 4.69) is 45.9 Å². The van der Waals surface area contributed by atoms with Gasteiger partial charge in [0, 0.05) is 18.2 Å². The lowest BCUT2D eigenvalue weighted by Crippen LogP contribution is -2.40. The van der Waals surface area contributed by atoms with Gasteiger partial charge in [0.25, 0.3) is 0 Å². The van der Waals surface area contributed by atoms with Crippen LogP contribution in [0, 0.1) is 6.92 Å². The summed E-state index contributed by atoms with van der Waals surface area (Å²) in [6.07, 6.45) is 6.69. The second kappa shape index (κ2) is 7.49. The van der Waals surface area contributed by atoms with Crippen molar-refractivity contribution in [2.75, 3.05) is 11.9 Å². The predicted molar refractivity (Wildman–Crippen MR) is 105 cm³/mol. The van der Waals surface area contributed by atoms with E-state index in [1.165, 1.54) is 31.2 Å². The lowest BCUT2D eigenvalue weighted by Gasteiger charge is -2.30. The molecule has 1 heterocycles. The van der Waals surface area contributed by atoms with E-state index in [1.807, 2.05) is 13.0 Å². The Bertz CT molecular complexity index is 712. The molecule has 1 aromatic heterocycles. The minimum atomic E-state index is 0.164. The van der Waals surface area contributed by atoms with Crippen molar-refractivity contribution in [3.8, 4) is 0 Å². The number of halogens is 1. The molecule has 1 aromatic carbocycles. The Morgan fingerprint density at radius 3 is 2.62 bits per heavy atom. The molecule has 5 heteroatoms. The van der Waals surface area contributed by atoms with Gasteiger partial charge in [0.05, 0.1) is 5.02 Å². The van der Waals surface area contributed by atoms with Crippen LogP contribution in [-0.4, -0.2) is 16.6 Å². The topological polar surface area (TPSA) is 37.0 Å². The third kappa shape index (κ3) is 3.87. The van der Waals surface area contributed by atoms with Crippen molar-refractivity contribution in [3.05, 3.63) is 58.7 Å². The summed E-state index contributed by atoms with van der Waals surface area (Å²) < 4.78 is 0. The first-order valence-corrected chi connectivity index (χ1v) is 9.10. The average molecular weight is 360 g/mol. The zero-order valence-corrected chi connectivity index (χ0v) is 15.4. The highest BCUT2D eigenvalue weighted by Gasteiger charge is 2.35.